The van der Waals surface area contributed by atoms with Crippen LogP contribution in [0.2, 0.25) is 0 Å². The van der Waals surface area contributed by atoms with Gasteiger partial charge in [0.25, 0.3) is 0 Å². The van der Waals surface area contributed by atoms with Gasteiger partial charge in [-0.25, -0.2) is 0 Å². The van der Waals surface area contributed by atoms with E-state index < -0.39 is 0 Å². The predicted molar refractivity (Wildman–Crippen MR) is 68.3 cm³/mol. The molecular formula is C13H25N3. The second-order valence-electron chi connectivity index (χ2n) is 4.63. The molecule has 0 saturated heterocycles. The van der Waals surface area contributed by atoms with Crippen molar-refractivity contribution in [2.45, 2.75) is 52.6 Å². The van der Waals surface area contributed by atoms with Gasteiger partial charge in [0.1, 0.15) is 0 Å². The molecule has 0 aliphatic rings. The molecule has 92 valence electrons. The molecular weight excluding hydrogens is 198 g/mol. The average Bonchev–Trinajstić information content (AvgIpc) is 2.66. The third-order valence-corrected chi connectivity index (χ3v) is 3.57. The average molecular weight is 223 g/mol. The Labute approximate surface area is 99.2 Å². The summed E-state index contributed by atoms with van der Waals surface area (Å²) in [4.78, 5) is 0. The number of nitrogens with one attached hydrogen (secondary N) is 1. The molecule has 2 unspecified atom stereocenters. The Kier molecular flexibility index (Phi) is 5.00. The van der Waals surface area contributed by atoms with Gasteiger partial charge in [0.15, 0.2) is 0 Å². The second-order valence-corrected chi connectivity index (χ2v) is 4.63. The molecule has 0 fully saturated rings. The molecule has 1 aromatic heterocycles. The summed E-state index contributed by atoms with van der Waals surface area (Å²) in [6.45, 7) is 9.02. The number of rotatable bonds is 6. The van der Waals surface area contributed by atoms with Gasteiger partial charge in [0.2, 0.25) is 0 Å². The summed E-state index contributed by atoms with van der Waals surface area (Å²) in [7, 11) is 2.00. The Hall–Kier alpha value is -0.830. The van der Waals surface area contributed by atoms with Gasteiger partial charge in [-0.2, -0.15) is 5.10 Å². The zero-order chi connectivity index (χ0) is 12.1. The molecule has 0 spiro atoms. The van der Waals surface area contributed by atoms with Crippen LogP contribution in [0.25, 0.3) is 0 Å². The van der Waals surface area contributed by atoms with E-state index in [0.29, 0.717) is 12.1 Å². The highest BCUT2D eigenvalue weighted by Gasteiger charge is 2.17. The molecule has 1 rings (SSSR count). The smallest absolute Gasteiger partial charge is 0.0547 e. The summed E-state index contributed by atoms with van der Waals surface area (Å²) in [5, 5.41) is 7.87. The molecule has 0 aliphatic heterocycles. The molecule has 0 bridgehead atoms. The molecule has 0 amide bonds. The standard InChI is InChI=1S/C13H25N3/c1-6-12(7-2)10(3)15-11(4)13-8-9-14-16(13)5/h8-12,15H,6-7H2,1-5H3. The van der Waals surface area contributed by atoms with Crippen LogP contribution in [-0.2, 0) is 7.05 Å². The third kappa shape index (κ3) is 3.08. The SMILES string of the molecule is CCC(CC)C(C)NC(C)c1ccnn1C. The first kappa shape index (κ1) is 13.2. The van der Waals surface area contributed by atoms with Crippen LogP contribution in [-0.4, -0.2) is 15.8 Å². The maximum absolute atomic E-state index is 4.21. The minimum absolute atomic E-state index is 0.364. The van der Waals surface area contributed by atoms with Crippen molar-refractivity contribution in [2.75, 3.05) is 0 Å². The lowest BCUT2D eigenvalue weighted by Gasteiger charge is -2.26. The normalized spacial score (nSPS) is 15.4. The summed E-state index contributed by atoms with van der Waals surface area (Å²) in [5.41, 5.74) is 1.25. The number of nitrogens with zero attached hydrogens (tertiary/aromatic N) is 2. The Bertz CT molecular complexity index is 302. The molecule has 3 heteroatoms. The highest BCUT2D eigenvalue weighted by molar-refractivity contribution is 5.05. The molecule has 1 heterocycles. The highest BCUT2D eigenvalue weighted by Crippen LogP contribution is 2.17. The van der Waals surface area contributed by atoms with E-state index in [-0.39, 0.29) is 0 Å². The van der Waals surface area contributed by atoms with Crippen LogP contribution in [0.4, 0.5) is 0 Å². The zero-order valence-electron chi connectivity index (χ0n) is 11.2. The van der Waals surface area contributed by atoms with E-state index >= 15 is 0 Å². The van der Waals surface area contributed by atoms with Gasteiger partial charge < -0.3 is 5.32 Å². The highest BCUT2D eigenvalue weighted by atomic mass is 15.3. The number of hydrogen-bond acceptors (Lipinski definition) is 2. The molecule has 0 aromatic carbocycles. The van der Waals surface area contributed by atoms with Gasteiger partial charge in [-0.05, 0) is 25.8 Å². The lowest BCUT2D eigenvalue weighted by molar-refractivity contribution is 0.325. The van der Waals surface area contributed by atoms with Crippen molar-refractivity contribution in [2.24, 2.45) is 13.0 Å². The van der Waals surface area contributed by atoms with Crippen molar-refractivity contribution in [1.82, 2.24) is 15.1 Å². The van der Waals surface area contributed by atoms with Gasteiger partial charge >= 0.3 is 0 Å². The fraction of sp³-hybridized carbons (Fsp3) is 0.769. The first-order chi connectivity index (χ1) is 7.60. The van der Waals surface area contributed by atoms with Crippen LogP contribution < -0.4 is 5.32 Å². The van der Waals surface area contributed by atoms with Crippen LogP contribution in [0.15, 0.2) is 12.3 Å². The van der Waals surface area contributed by atoms with E-state index in [0.717, 1.165) is 5.92 Å². The molecule has 0 saturated carbocycles. The van der Waals surface area contributed by atoms with Crippen molar-refractivity contribution >= 4 is 0 Å². The quantitative estimate of drug-likeness (QED) is 0.803. The minimum Gasteiger partial charge on any atom is -0.306 e. The molecule has 0 radical (unpaired) electrons. The number of aromatic nitrogens is 2. The van der Waals surface area contributed by atoms with Crippen LogP contribution in [0.1, 0.15) is 52.3 Å². The van der Waals surface area contributed by atoms with Crippen LogP contribution >= 0.6 is 0 Å². The van der Waals surface area contributed by atoms with Gasteiger partial charge in [0, 0.05) is 25.3 Å². The van der Waals surface area contributed by atoms with Gasteiger partial charge in [-0.1, -0.05) is 26.7 Å². The Balaban J connectivity index is 2.57. The fourth-order valence-electron chi connectivity index (χ4n) is 2.42. The molecule has 1 aromatic rings. The van der Waals surface area contributed by atoms with Crippen LogP contribution in [0, 0.1) is 5.92 Å². The summed E-state index contributed by atoms with van der Waals surface area (Å²) in [5.74, 6) is 0.760. The van der Waals surface area contributed by atoms with Gasteiger partial charge in [-0.15, -0.1) is 0 Å². The Morgan fingerprint density at radius 1 is 1.31 bits per heavy atom. The number of aryl methyl sites for hydroxylation is 1. The fourth-order valence-corrected chi connectivity index (χ4v) is 2.42. The van der Waals surface area contributed by atoms with Crippen LogP contribution in [0.5, 0.6) is 0 Å². The van der Waals surface area contributed by atoms with Crippen molar-refractivity contribution in [1.29, 1.82) is 0 Å². The molecule has 2 atom stereocenters. The summed E-state index contributed by atoms with van der Waals surface area (Å²) < 4.78 is 1.94. The monoisotopic (exact) mass is 223 g/mol. The van der Waals surface area contributed by atoms with Gasteiger partial charge in [0.05, 0.1) is 5.69 Å². The largest absolute Gasteiger partial charge is 0.306 e. The summed E-state index contributed by atoms with van der Waals surface area (Å²) >= 11 is 0. The maximum atomic E-state index is 4.21. The lowest BCUT2D eigenvalue weighted by atomic mass is 9.95. The van der Waals surface area contributed by atoms with E-state index in [1.807, 2.05) is 17.9 Å². The van der Waals surface area contributed by atoms with Crippen LogP contribution in [0.3, 0.4) is 0 Å². The molecule has 1 N–H and O–H groups in total. The summed E-state index contributed by atoms with van der Waals surface area (Å²) in [6, 6.07) is 3.00. The Morgan fingerprint density at radius 2 is 1.94 bits per heavy atom. The molecule has 16 heavy (non-hydrogen) atoms. The first-order valence-corrected chi connectivity index (χ1v) is 6.34. The first-order valence-electron chi connectivity index (χ1n) is 6.34. The van der Waals surface area contributed by atoms with E-state index in [1.54, 1.807) is 0 Å². The van der Waals surface area contributed by atoms with E-state index in [1.165, 1.54) is 18.5 Å². The third-order valence-electron chi connectivity index (χ3n) is 3.57. The minimum atomic E-state index is 0.364. The molecule has 0 aliphatic carbocycles. The van der Waals surface area contributed by atoms with E-state index in [4.69, 9.17) is 0 Å². The molecule has 3 nitrogen and oxygen atoms in total. The van der Waals surface area contributed by atoms with E-state index in [9.17, 15) is 0 Å². The van der Waals surface area contributed by atoms with Crippen molar-refractivity contribution < 1.29 is 0 Å². The van der Waals surface area contributed by atoms with Crippen molar-refractivity contribution in [3.8, 4) is 0 Å². The summed E-state index contributed by atoms with van der Waals surface area (Å²) in [6.07, 6.45) is 4.33. The predicted octanol–water partition coefficient (Wildman–Crippen LogP) is 2.90. The lowest BCUT2D eigenvalue weighted by Crippen LogP contribution is -2.35. The van der Waals surface area contributed by atoms with Gasteiger partial charge in [-0.3, -0.25) is 4.68 Å². The van der Waals surface area contributed by atoms with E-state index in [2.05, 4.69) is 44.2 Å². The van der Waals surface area contributed by atoms with Crippen molar-refractivity contribution in [3.63, 3.8) is 0 Å². The topological polar surface area (TPSA) is 29.9 Å². The Morgan fingerprint density at radius 3 is 2.38 bits per heavy atom. The number of hydrogen-bond donors (Lipinski definition) is 1. The zero-order valence-corrected chi connectivity index (χ0v) is 11.2. The second kappa shape index (κ2) is 6.04. The maximum Gasteiger partial charge on any atom is 0.0547 e. The van der Waals surface area contributed by atoms with Crippen molar-refractivity contribution in [3.05, 3.63) is 18.0 Å².